The van der Waals surface area contributed by atoms with Crippen LogP contribution >= 0.6 is 22.9 Å². The second kappa shape index (κ2) is 6.55. The number of halogens is 1. The number of nitrogens with zero attached hydrogens (tertiary/aromatic N) is 1. The van der Waals surface area contributed by atoms with E-state index in [1.54, 1.807) is 11.3 Å². The minimum atomic E-state index is -0.240. The lowest BCUT2D eigenvalue weighted by Crippen LogP contribution is -2.48. The molecule has 1 fully saturated rings. The first-order chi connectivity index (χ1) is 9.00. The SMILES string of the molecule is CC(N)C(c1ccc(Cl)s1)N(C)C1CCCCC1O. The molecule has 1 aliphatic rings. The number of likely N-dealkylation sites (N-methyl/N-ethyl adjacent to an activating group) is 1. The molecular weight excluding hydrogens is 280 g/mol. The average Bonchev–Trinajstić information content (AvgIpc) is 2.75. The molecule has 108 valence electrons. The Hall–Kier alpha value is -0.130. The predicted molar refractivity (Wildman–Crippen MR) is 81.7 cm³/mol. The van der Waals surface area contributed by atoms with Gasteiger partial charge in [0.15, 0.2) is 0 Å². The molecule has 19 heavy (non-hydrogen) atoms. The van der Waals surface area contributed by atoms with Crippen molar-refractivity contribution in [2.45, 2.75) is 56.8 Å². The average molecular weight is 303 g/mol. The van der Waals surface area contributed by atoms with Crippen LogP contribution in [0.15, 0.2) is 12.1 Å². The Balaban J connectivity index is 2.18. The van der Waals surface area contributed by atoms with Crippen LogP contribution in [0, 0.1) is 0 Å². The first kappa shape index (κ1) is 15.3. The molecule has 0 amide bonds. The van der Waals surface area contributed by atoms with Crippen molar-refractivity contribution < 1.29 is 5.11 Å². The number of aliphatic hydroxyl groups is 1. The number of nitrogens with two attached hydrogens (primary N) is 1. The minimum absolute atomic E-state index is 0.00819. The Kier molecular flexibility index (Phi) is 5.26. The molecule has 5 heteroatoms. The van der Waals surface area contributed by atoms with Gasteiger partial charge in [-0.3, -0.25) is 4.90 Å². The van der Waals surface area contributed by atoms with Crippen LogP contribution in [0.2, 0.25) is 4.34 Å². The lowest BCUT2D eigenvalue weighted by atomic mass is 9.90. The molecule has 0 radical (unpaired) electrons. The van der Waals surface area contributed by atoms with Crippen LogP contribution in [0.25, 0.3) is 0 Å². The van der Waals surface area contributed by atoms with Gasteiger partial charge in [-0.2, -0.15) is 0 Å². The van der Waals surface area contributed by atoms with Gasteiger partial charge >= 0.3 is 0 Å². The quantitative estimate of drug-likeness (QED) is 0.899. The molecule has 0 saturated heterocycles. The van der Waals surface area contributed by atoms with Gasteiger partial charge in [0.2, 0.25) is 0 Å². The van der Waals surface area contributed by atoms with E-state index in [0.29, 0.717) is 0 Å². The first-order valence-corrected chi connectivity index (χ1v) is 8.11. The molecule has 1 aliphatic carbocycles. The van der Waals surface area contributed by atoms with Crippen molar-refractivity contribution in [1.29, 1.82) is 0 Å². The van der Waals surface area contributed by atoms with Gasteiger partial charge in [-0.05, 0) is 38.9 Å². The van der Waals surface area contributed by atoms with Gasteiger partial charge in [-0.1, -0.05) is 24.4 Å². The van der Waals surface area contributed by atoms with Gasteiger partial charge in [-0.15, -0.1) is 11.3 Å². The molecule has 0 spiro atoms. The largest absolute Gasteiger partial charge is 0.391 e. The Labute approximate surface area is 124 Å². The zero-order chi connectivity index (χ0) is 14.0. The van der Waals surface area contributed by atoms with Gasteiger partial charge in [0.25, 0.3) is 0 Å². The molecule has 0 bridgehead atoms. The third kappa shape index (κ3) is 3.50. The molecule has 0 aromatic carbocycles. The van der Waals surface area contributed by atoms with E-state index in [1.165, 1.54) is 11.3 Å². The fourth-order valence-electron chi connectivity index (χ4n) is 3.09. The van der Waals surface area contributed by atoms with E-state index in [4.69, 9.17) is 17.3 Å². The Morgan fingerprint density at radius 1 is 1.42 bits per heavy atom. The van der Waals surface area contributed by atoms with Crippen LogP contribution < -0.4 is 5.73 Å². The first-order valence-electron chi connectivity index (χ1n) is 6.91. The second-order valence-corrected chi connectivity index (χ2v) is 7.28. The lowest BCUT2D eigenvalue weighted by Gasteiger charge is -2.41. The van der Waals surface area contributed by atoms with Gasteiger partial charge in [0.1, 0.15) is 0 Å². The molecule has 3 N–H and O–H groups in total. The van der Waals surface area contributed by atoms with E-state index < -0.39 is 0 Å². The standard InChI is InChI=1S/C14H23ClN2OS/c1-9(16)14(12-7-8-13(15)19-12)17(2)10-5-3-4-6-11(10)18/h7-11,14,18H,3-6,16H2,1-2H3. The normalized spacial score (nSPS) is 27.5. The van der Waals surface area contributed by atoms with E-state index in [0.717, 1.165) is 23.6 Å². The molecule has 2 rings (SSSR count). The summed E-state index contributed by atoms with van der Waals surface area (Å²) in [7, 11) is 2.07. The number of aliphatic hydroxyl groups excluding tert-OH is 1. The maximum Gasteiger partial charge on any atom is 0.0931 e. The van der Waals surface area contributed by atoms with Crippen LogP contribution in [0.5, 0.6) is 0 Å². The van der Waals surface area contributed by atoms with Crippen molar-refractivity contribution in [1.82, 2.24) is 4.90 Å². The van der Waals surface area contributed by atoms with Gasteiger partial charge in [0, 0.05) is 17.0 Å². The minimum Gasteiger partial charge on any atom is -0.391 e. The van der Waals surface area contributed by atoms with Crippen LogP contribution in [0.1, 0.15) is 43.5 Å². The number of hydrogen-bond donors (Lipinski definition) is 2. The van der Waals surface area contributed by atoms with Crippen molar-refractivity contribution in [3.8, 4) is 0 Å². The molecule has 1 aromatic heterocycles. The maximum absolute atomic E-state index is 10.2. The Morgan fingerprint density at radius 2 is 2.11 bits per heavy atom. The smallest absolute Gasteiger partial charge is 0.0931 e. The fourth-order valence-corrected chi connectivity index (χ4v) is 4.42. The highest BCUT2D eigenvalue weighted by molar-refractivity contribution is 7.16. The van der Waals surface area contributed by atoms with E-state index in [-0.39, 0.29) is 24.2 Å². The van der Waals surface area contributed by atoms with Crippen LogP contribution in [-0.4, -0.2) is 35.2 Å². The lowest BCUT2D eigenvalue weighted by molar-refractivity contribution is 0.00865. The summed E-state index contributed by atoms with van der Waals surface area (Å²) < 4.78 is 0.790. The summed E-state index contributed by atoms with van der Waals surface area (Å²) >= 11 is 7.62. The van der Waals surface area contributed by atoms with E-state index >= 15 is 0 Å². The predicted octanol–water partition coefficient (Wildman–Crippen LogP) is 3.03. The highest BCUT2D eigenvalue weighted by Gasteiger charge is 2.33. The number of thiophene rings is 1. The van der Waals surface area contributed by atoms with Gasteiger partial charge in [-0.25, -0.2) is 0 Å². The zero-order valence-electron chi connectivity index (χ0n) is 11.6. The molecule has 1 aromatic rings. The Morgan fingerprint density at radius 3 is 2.63 bits per heavy atom. The molecule has 0 aliphatic heterocycles. The summed E-state index contributed by atoms with van der Waals surface area (Å²) in [5.41, 5.74) is 6.17. The summed E-state index contributed by atoms with van der Waals surface area (Å²) in [5.74, 6) is 0. The van der Waals surface area contributed by atoms with E-state index in [2.05, 4.69) is 11.9 Å². The molecule has 4 unspecified atom stereocenters. The van der Waals surface area contributed by atoms with E-state index in [9.17, 15) is 5.11 Å². The molecule has 1 heterocycles. The summed E-state index contributed by atoms with van der Waals surface area (Å²) in [6.07, 6.45) is 4.00. The topological polar surface area (TPSA) is 49.5 Å². The van der Waals surface area contributed by atoms with Crippen LogP contribution in [0.3, 0.4) is 0 Å². The van der Waals surface area contributed by atoms with Crippen molar-refractivity contribution in [2.24, 2.45) is 5.73 Å². The number of hydrogen-bond acceptors (Lipinski definition) is 4. The summed E-state index contributed by atoms with van der Waals surface area (Å²) in [6.45, 7) is 2.02. The summed E-state index contributed by atoms with van der Waals surface area (Å²) in [6, 6.07) is 4.30. The molecular formula is C14H23ClN2OS. The van der Waals surface area contributed by atoms with Crippen LogP contribution in [-0.2, 0) is 0 Å². The summed E-state index contributed by atoms with van der Waals surface area (Å²) in [4.78, 5) is 3.43. The number of rotatable bonds is 4. The van der Waals surface area contributed by atoms with Crippen molar-refractivity contribution in [2.75, 3.05) is 7.05 Å². The highest BCUT2D eigenvalue weighted by atomic mass is 35.5. The van der Waals surface area contributed by atoms with Crippen molar-refractivity contribution in [3.63, 3.8) is 0 Å². The van der Waals surface area contributed by atoms with Gasteiger partial charge in [0.05, 0.1) is 16.5 Å². The molecule has 3 nitrogen and oxygen atoms in total. The fraction of sp³-hybridized carbons (Fsp3) is 0.714. The Bertz CT molecular complexity index is 410. The maximum atomic E-state index is 10.2. The highest BCUT2D eigenvalue weighted by Crippen LogP contribution is 2.35. The van der Waals surface area contributed by atoms with Gasteiger partial charge < -0.3 is 10.8 Å². The monoisotopic (exact) mass is 302 g/mol. The van der Waals surface area contributed by atoms with Crippen molar-refractivity contribution in [3.05, 3.63) is 21.3 Å². The van der Waals surface area contributed by atoms with Crippen molar-refractivity contribution >= 4 is 22.9 Å². The molecule has 4 atom stereocenters. The third-order valence-electron chi connectivity index (χ3n) is 4.04. The van der Waals surface area contributed by atoms with Crippen LogP contribution in [0.4, 0.5) is 0 Å². The summed E-state index contributed by atoms with van der Waals surface area (Å²) in [5, 5.41) is 10.2. The molecule has 1 saturated carbocycles. The third-order valence-corrected chi connectivity index (χ3v) is 5.34. The van der Waals surface area contributed by atoms with E-state index in [1.807, 2.05) is 19.1 Å². The zero-order valence-corrected chi connectivity index (χ0v) is 13.1. The second-order valence-electron chi connectivity index (χ2n) is 5.53.